The highest BCUT2D eigenvalue weighted by Gasteiger charge is 2.41. The molecule has 0 aliphatic carbocycles. The standard InChI is InChI=1S/C14H19NO4S/c1-2-14(17)15(8-11-6-4-3-5-7-11)12-9-20(18,19)10-13(12)16/h3-7,12-13,16H,2,8-10H2,1H3/t12-,13-/m1/s1. The lowest BCUT2D eigenvalue weighted by molar-refractivity contribution is -0.135. The number of aliphatic hydroxyl groups is 1. The van der Waals surface area contributed by atoms with Gasteiger partial charge in [-0.2, -0.15) is 0 Å². The Bertz CT molecular complexity index is 570. The molecular formula is C14H19NO4S. The monoisotopic (exact) mass is 297 g/mol. The van der Waals surface area contributed by atoms with Crippen LogP contribution in [0.1, 0.15) is 18.9 Å². The lowest BCUT2D eigenvalue weighted by Crippen LogP contribution is -2.46. The minimum absolute atomic E-state index is 0.144. The Labute approximate surface area is 119 Å². The molecule has 0 saturated carbocycles. The summed E-state index contributed by atoms with van der Waals surface area (Å²) in [5, 5.41) is 9.94. The Morgan fingerprint density at radius 1 is 1.30 bits per heavy atom. The molecule has 2 atom stereocenters. The fourth-order valence-corrected chi connectivity index (χ4v) is 4.28. The third kappa shape index (κ3) is 3.37. The quantitative estimate of drug-likeness (QED) is 0.882. The lowest BCUT2D eigenvalue weighted by Gasteiger charge is -2.30. The Balaban J connectivity index is 2.23. The van der Waals surface area contributed by atoms with Crippen LogP contribution in [0.2, 0.25) is 0 Å². The summed E-state index contributed by atoms with van der Waals surface area (Å²) in [7, 11) is -3.27. The molecule has 6 heteroatoms. The van der Waals surface area contributed by atoms with Crippen molar-refractivity contribution in [1.82, 2.24) is 4.90 Å². The van der Waals surface area contributed by atoms with E-state index in [-0.39, 0.29) is 23.8 Å². The molecule has 1 fully saturated rings. The van der Waals surface area contributed by atoms with E-state index in [9.17, 15) is 18.3 Å². The largest absolute Gasteiger partial charge is 0.390 e. The first-order valence-electron chi connectivity index (χ1n) is 6.65. The molecule has 0 radical (unpaired) electrons. The van der Waals surface area contributed by atoms with Gasteiger partial charge in [-0.05, 0) is 5.56 Å². The first-order valence-corrected chi connectivity index (χ1v) is 8.47. The van der Waals surface area contributed by atoms with Crippen LogP contribution >= 0.6 is 0 Å². The highest BCUT2D eigenvalue weighted by atomic mass is 32.2. The summed E-state index contributed by atoms with van der Waals surface area (Å²) in [6.45, 7) is 2.06. The van der Waals surface area contributed by atoms with Crippen LogP contribution in [0.4, 0.5) is 0 Å². The van der Waals surface area contributed by atoms with Crippen LogP contribution in [0, 0.1) is 0 Å². The van der Waals surface area contributed by atoms with Gasteiger partial charge in [0.15, 0.2) is 9.84 Å². The van der Waals surface area contributed by atoms with Crippen LogP contribution < -0.4 is 0 Å². The minimum Gasteiger partial charge on any atom is -0.390 e. The first-order chi connectivity index (χ1) is 9.43. The molecule has 1 aliphatic heterocycles. The van der Waals surface area contributed by atoms with Gasteiger partial charge in [-0.25, -0.2) is 8.42 Å². The molecular weight excluding hydrogens is 278 g/mol. The van der Waals surface area contributed by atoms with Gasteiger partial charge < -0.3 is 10.0 Å². The smallest absolute Gasteiger partial charge is 0.222 e. The number of hydrogen-bond acceptors (Lipinski definition) is 4. The van der Waals surface area contributed by atoms with Crippen molar-refractivity contribution >= 4 is 15.7 Å². The molecule has 1 N–H and O–H groups in total. The molecule has 0 spiro atoms. The van der Waals surface area contributed by atoms with Gasteiger partial charge in [0.05, 0.1) is 23.7 Å². The second kappa shape index (κ2) is 5.93. The zero-order chi connectivity index (χ0) is 14.8. The van der Waals surface area contributed by atoms with E-state index in [1.165, 1.54) is 4.90 Å². The van der Waals surface area contributed by atoms with E-state index in [1.807, 2.05) is 30.3 Å². The van der Waals surface area contributed by atoms with Crippen LogP contribution in [-0.2, 0) is 21.2 Å². The van der Waals surface area contributed by atoms with Crippen molar-refractivity contribution < 1.29 is 18.3 Å². The van der Waals surface area contributed by atoms with E-state index in [1.54, 1.807) is 6.92 Å². The highest BCUT2D eigenvalue weighted by molar-refractivity contribution is 7.91. The Morgan fingerprint density at radius 2 is 1.95 bits per heavy atom. The summed E-state index contributed by atoms with van der Waals surface area (Å²) in [4.78, 5) is 13.6. The maximum Gasteiger partial charge on any atom is 0.222 e. The van der Waals surface area contributed by atoms with Crippen molar-refractivity contribution in [3.8, 4) is 0 Å². The van der Waals surface area contributed by atoms with E-state index in [4.69, 9.17) is 0 Å². The summed E-state index contributed by atoms with van der Waals surface area (Å²) in [6, 6.07) is 8.73. The van der Waals surface area contributed by atoms with Gasteiger partial charge in [0.2, 0.25) is 5.91 Å². The van der Waals surface area contributed by atoms with Crippen LogP contribution in [0.5, 0.6) is 0 Å². The molecule has 1 heterocycles. The van der Waals surface area contributed by atoms with Crippen molar-refractivity contribution in [3.05, 3.63) is 35.9 Å². The number of carbonyl (C=O) groups is 1. The van der Waals surface area contributed by atoms with E-state index >= 15 is 0 Å². The van der Waals surface area contributed by atoms with Gasteiger partial charge in [-0.1, -0.05) is 37.3 Å². The lowest BCUT2D eigenvalue weighted by atomic mass is 10.1. The molecule has 1 aliphatic rings. The Hall–Kier alpha value is -1.40. The second-order valence-corrected chi connectivity index (χ2v) is 7.23. The number of hydrogen-bond donors (Lipinski definition) is 1. The van der Waals surface area contributed by atoms with Crippen molar-refractivity contribution in [1.29, 1.82) is 0 Å². The summed E-state index contributed by atoms with van der Waals surface area (Å²) >= 11 is 0. The second-order valence-electron chi connectivity index (χ2n) is 5.07. The minimum atomic E-state index is -3.27. The van der Waals surface area contributed by atoms with E-state index in [0.29, 0.717) is 6.54 Å². The molecule has 1 amide bonds. The molecule has 2 rings (SSSR count). The highest BCUT2D eigenvalue weighted by Crippen LogP contribution is 2.21. The Morgan fingerprint density at radius 3 is 2.45 bits per heavy atom. The number of carbonyl (C=O) groups excluding carboxylic acids is 1. The molecule has 5 nitrogen and oxygen atoms in total. The summed E-state index contributed by atoms with van der Waals surface area (Å²) in [5.41, 5.74) is 0.922. The zero-order valence-corrected chi connectivity index (χ0v) is 12.2. The molecule has 1 saturated heterocycles. The van der Waals surface area contributed by atoms with E-state index in [0.717, 1.165) is 5.56 Å². The zero-order valence-electron chi connectivity index (χ0n) is 11.4. The van der Waals surface area contributed by atoms with Gasteiger partial charge in [0.25, 0.3) is 0 Å². The number of rotatable bonds is 4. The van der Waals surface area contributed by atoms with E-state index < -0.39 is 22.0 Å². The summed E-state index contributed by atoms with van der Waals surface area (Å²) in [5.74, 6) is -0.567. The number of aliphatic hydroxyl groups excluding tert-OH is 1. The van der Waals surface area contributed by atoms with Crippen molar-refractivity contribution in [2.75, 3.05) is 11.5 Å². The van der Waals surface area contributed by atoms with Crippen LogP contribution in [0.15, 0.2) is 30.3 Å². The number of nitrogens with zero attached hydrogens (tertiary/aromatic N) is 1. The predicted molar refractivity (Wildman–Crippen MR) is 75.7 cm³/mol. The number of amides is 1. The molecule has 0 unspecified atom stereocenters. The molecule has 1 aromatic carbocycles. The van der Waals surface area contributed by atoms with Crippen molar-refractivity contribution in [3.63, 3.8) is 0 Å². The van der Waals surface area contributed by atoms with Crippen LogP contribution in [0.25, 0.3) is 0 Å². The number of sulfone groups is 1. The van der Waals surface area contributed by atoms with Gasteiger partial charge in [-0.15, -0.1) is 0 Å². The van der Waals surface area contributed by atoms with Gasteiger partial charge in [0.1, 0.15) is 0 Å². The van der Waals surface area contributed by atoms with Crippen LogP contribution in [-0.4, -0.2) is 48.0 Å². The normalized spacial score (nSPS) is 24.5. The molecule has 110 valence electrons. The van der Waals surface area contributed by atoms with Crippen LogP contribution in [0.3, 0.4) is 0 Å². The maximum absolute atomic E-state index is 12.1. The van der Waals surface area contributed by atoms with Gasteiger partial charge >= 0.3 is 0 Å². The summed E-state index contributed by atoms with van der Waals surface area (Å²) < 4.78 is 23.2. The summed E-state index contributed by atoms with van der Waals surface area (Å²) in [6.07, 6.45) is -0.713. The van der Waals surface area contributed by atoms with Gasteiger partial charge in [-0.3, -0.25) is 4.79 Å². The van der Waals surface area contributed by atoms with Gasteiger partial charge in [0, 0.05) is 13.0 Å². The molecule has 0 aromatic heterocycles. The third-order valence-corrected chi connectivity index (χ3v) is 5.21. The average molecular weight is 297 g/mol. The van der Waals surface area contributed by atoms with Crippen molar-refractivity contribution in [2.45, 2.75) is 32.0 Å². The predicted octanol–water partition coefficient (Wildman–Crippen LogP) is 0.583. The topological polar surface area (TPSA) is 74.7 Å². The van der Waals surface area contributed by atoms with E-state index in [2.05, 4.69) is 0 Å². The first kappa shape index (κ1) is 15.0. The molecule has 0 bridgehead atoms. The Kier molecular flexibility index (Phi) is 4.45. The maximum atomic E-state index is 12.1. The number of benzene rings is 1. The fraction of sp³-hybridized carbons (Fsp3) is 0.500. The molecule has 1 aromatic rings. The fourth-order valence-electron chi connectivity index (χ4n) is 2.48. The molecule has 20 heavy (non-hydrogen) atoms. The SMILES string of the molecule is CCC(=O)N(Cc1ccccc1)[C@@H]1CS(=O)(=O)C[C@H]1O. The van der Waals surface area contributed by atoms with Crippen molar-refractivity contribution in [2.24, 2.45) is 0 Å². The average Bonchev–Trinajstić information content (AvgIpc) is 2.69. The third-order valence-electron chi connectivity index (χ3n) is 3.51.